The van der Waals surface area contributed by atoms with Crippen molar-refractivity contribution in [1.29, 1.82) is 0 Å². The Kier molecular flexibility index (Phi) is 20.8. The minimum absolute atomic E-state index is 0.0413. The van der Waals surface area contributed by atoms with E-state index in [4.69, 9.17) is 52.1 Å². The van der Waals surface area contributed by atoms with E-state index < -0.39 is 67.5 Å². The third kappa shape index (κ3) is 15.8. The highest BCUT2D eigenvalue weighted by molar-refractivity contribution is 5.30. The van der Waals surface area contributed by atoms with Crippen molar-refractivity contribution in [2.75, 3.05) is 20.3 Å². The third-order valence-electron chi connectivity index (χ3n) is 14.2. The Labute approximate surface area is 464 Å². The van der Waals surface area contributed by atoms with Crippen LogP contribution in [0.5, 0.6) is 0 Å². The van der Waals surface area contributed by atoms with E-state index in [1.165, 1.54) is 0 Å². The zero-order chi connectivity index (χ0) is 53.7. The smallest absolute Gasteiger partial charge is 0.187 e. The molecule has 0 aliphatic carbocycles. The Morgan fingerprint density at radius 3 is 0.987 bits per heavy atom. The van der Waals surface area contributed by atoms with E-state index >= 15 is 0 Å². The predicted molar refractivity (Wildman–Crippen MR) is 301 cm³/mol. The molecular formula is C68H70O11. The van der Waals surface area contributed by atoms with Gasteiger partial charge in [0.2, 0.25) is 0 Å². The molecule has 408 valence electrons. The largest absolute Gasteiger partial charge is 0.374 e. The molecule has 8 aromatic carbocycles. The number of ether oxygens (including phenoxy) is 11. The summed E-state index contributed by atoms with van der Waals surface area (Å²) in [5.74, 6) is 0. The van der Waals surface area contributed by atoms with Crippen LogP contribution in [0.4, 0.5) is 0 Å². The van der Waals surface area contributed by atoms with Crippen molar-refractivity contribution in [2.45, 2.75) is 107 Å². The van der Waals surface area contributed by atoms with Crippen molar-refractivity contribution in [1.82, 2.24) is 0 Å². The summed E-state index contributed by atoms with van der Waals surface area (Å²) in [6, 6.07) is 80.8. The van der Waals surface area contributed by atoms with Crippen molar-refractivity contribution < 1.29 is 52.1 Å². The Hall–Kier alpha value is -6.68. The molecule has 0 unspecified atom stereocenters. The fraction of sp³-hybridized carbons (Fsp3) is 0.294. The van der Waals surface area contributed by atoms with Crippen LogP contribution in [-0.2, 0) is 91.7 Å². The van der Waals surface area contributed by atoms with Gasteiger partial charge in [-0.2, -0.15) is 0 Å². The molecule has 10 rings (SSSR count). The van der Waals surface area contributed by atoms with Crippen LogP contribution in [0.2, 0.25) is 0 Å². The standard InChI is InChI=1S/C68H70O11/c1-69-67-65(75-47-55-36-20-7-21-37-55)63(73-45-53-32-16-5-17-33-53)62(72-44-52-30-14-4-15-31-52)59(77-67)49-76-68-66(79-60(56-38-22-8-23-39-56)57-40-24-9-25-41-57)64(74-46-54-34-18-6-19-35-54)61(71-43-51-28-12-3-13-29-51)58(78-68)48-70-42-50-26-10-2-11-27-50/h2-41,58-68H,42-49H2,1H3/t58-,59-,61-,62-,63+,64+,65-,66+,67+,68+/m1/s1. The summed E-state index contributed by atoms with van der Waals surface area (Å²) in [5.41, 5.74) is 7.86. The van der Waals surface area contributed by atoms with Crippen molar-refractivity contribution in [2.24, 2.45) is 0 Å². The van der Waals surface area contributed by atoms with Crippen LogP contribution in [0.15, 0.2) is 243 Å². The van der Waals surface area contributed by atoms with E-state index in [1.807, 2.05) is 206 Å². The summed E-state index contributed by atoms with van der Waals surface area (Å²) in [5, 5.41) is 0. The molecule has 2 aliphatic rings. The maximum absolute atomic E-state index is 7.56. The Morgan fingerprint density at radius 2 is 0.608 bits per heavy atom. The van der Waals surface area contributed by atoms with Crippen LogP contribution in [-0.4, -0.2) is 81.7 Å². The molecule has 0 radical (unpaired) electrons. The van der Waals surface area contributed by atoms with Gasteiger partial charge in [0.05, 0.1) is 52.9 Å². The molecule has 0 N–H and O–H groups in total. The van der Waals surface area contributed by atoms with Gasteiger partial charge in [0.25, 0.3) is 0 Å². The molecule has 0 spiro atoms. The van der Waals surface area contributed by atoms with Crippen molar-refractivity contribution >= 4 is 0 Å². The highest BCUT2D eigenvalue weighted by Crippen LogP contribution is 2.38. The Morgan fingerprint density at radius 1 is 0.304 bits per heavy atom. The van der Waals surface area contributed by atoms with Gasteiger partial charge in [-0.25, -0.2) is 0 Å². The first-order valence-corrected chi connectivity index (χ1v) is 27.2. The molecule has 8 aromatic rings. The van der Waals surface area contributed by atoms with E-state index in [9.17, 15) is 0 Å². The quantitative estimate of drug-likeness (QED) is 0.0492. The fourth-order valence-corrected chi connectivity index (χ4v) is 10.1. The number of benzene rings is 8. The second-order valence-corrected chi connectivity index (χ2v) is 19.8. The van der Waals surface area contributed by atoms with Crippen molar-refractivity contribution in [3.63, 3.8) is 0 Å². The number of hydrogen-bond acceptors (Lipinski definition) is 11. The average molecular weight is 1060 g/mol. The monoisotopic (exact) mass is 1060 g/mol. The van der Waals surface area contributed by atoms with Gasteiger partial charge in [0, 0.05) is 7.11 Å². The molecule has 10 atom stereocenters. The molecule has 0 aromatic heterocycles. The molecule has 0 amide bonds. The third-order valence-corrected chi connectivity index (χ3v) is 14.2. The van der Waals surface area contributed by atoms with E-state index in [0.29, 0.717) is 6.61 Å². The zero-order valence-corrected chi connectivity index (χ0v) is 44.6. The van der Waals surface area contributed by atoms with Crippen LogP contribution < -0.4 is 0 Å². The predicted octanol–water partition coefficient (Wildman–Crippen LogP) is 12.4. The summed E-state index contributed by atoms with van der Waals surface area (Å²) >= 11 is 0. The van der Waals surface area contributed by atoms with E-state index in [1.54, 1.807) is 7.11 Å². The zero-order valence-electron chi connectivity index (χ0n) is 44.6. The second-order valence-electron chi connectivity index (χ2n) is 19.8. The van der Waals surface area contributed by atoms with Crippen LogP contribution in [0.25, 0.3) is 0 Å². The Balaban J connectivity index is 1.03. The highest BCUT2D eigenvalue weighted by Gasteiger charge is 2.53. The maximum atomic E-state index is 7.56. The lowest BCUT2D eigenvalue weighted by molar-refractivity contribution is -0.352. The SMILES string of the molecule is CO[C@H]1O[C@H](CO[C@H]2O[C@H](COCc3ccccc3)[C@@H](OCc3ccccc3)[C@H](OCc3ccccc3)[C@@H]2OC(c2ccccc2)c2ccccc2)[C@@H](OCc2ccccc2)[C@H](OCc2ccccc2)[C@H]1OCc1ccccc1. The van der Waals surface area contributed by atoms with Gasteiger partial charge in [0.15, 0.2) is 12.6 Å². The van der Waals surface area contributed by atoms with Gasteiger partial charge in [-0.3, -0.25) is 0 Å². The number of hydrogen-bond donors (Lipinski definition) is 0. The molecule has 2 aliphatic heterocycles. The van der Waals surface area contributed by atoms with Crippen molar-refractivity contribution in [3.05, 3.63) is 287 Å². The molecular weight excluding hydrogens is 993 g/mol. The van der Waals surface area contributed by atoms with E-state index in [-0.39, 0.29) is 46.2 Å². The van der Waals surface area contributed by atoms with Crippen LogP contribution in [0.3, 0.4) is 0 Å². The van der Waals surface area contributed by atoms with Crippen molar-refractivity contribution in [3.8, 4) is 0 Å². The minimum Gasteiger partial charge on any atom is -0.374 e. The topological polar surface area (TPSA) is 102 Å². The van der Waals surface area contributed by atoms with E-state index in [2.05, 4.69) is 36.4 Å². The summed E-state index contributed by atoms with van der Waals surface area (Å²) in [4.78, 5) is 0. The normalized spacial score (nSPS) is 23.1. The lowest BCUT2D eigenvalue weighted by Gasteiger charge is -2.48. The molecule has 2 fully saturated rings. The van der Waals surface area contributed by atoms with E-state index in [0.717, 1.165) is 44.5 Å². The minimum atomic E-state index is -1.08. The first-order chi connectivity index (χ1) is 39.1. The molecule has 2 saturated heterocycles. The first kappa shape index (κ1) is 55.6. The summed E-state index contributed by atoms with van der Waals surface area (Å²) in [7, 11) is 1.62. The van der Waals surface area contributed by atoms with Gasteiger partial charge < -0.3 is 52.1 Å². The van der Waals surface area contributed by atoms with Gasteiger partial charge in [-0.05, 0) is 44.5 Å². The van der Waals surface area contributed by atoms with Crippen LogP contribution in [0, 0.1) is 0 Å². The molecule has 0 bridgehead atoms. The summed E-state index contributed by atoms with van der Waals surface area (Å²) in [6.45, 7) is 1.82. The lowest BCUT2D eigenvalue weighted by atomic mass is 9.95. The number of methoxy groups -OCH3 is 1. The molecule has 2 heterocycles. The molecule has 11 nitrogen and oxygen atoms in total. The second kappa shape index (κ2) is 29.5. The molecule has 79 heavy (non-hydrogen) atoms. The van der Waals surface area contributed by atoms with Gasteiger partial charge in [0.1, 0.15) is 54.9 Å². The summed E-state index contributed by atoms with van der Waals surface area (Å²) < 4.78 is 76.9. The lowest BCUT2D eigenvalue weighted by Crippen LogP contribution is -2.64. The Bertz CT molecular complexity index is 2870. The average Bonchev–Trinajstić information content (AvgIpc) is 3.53. The van der Waals surface area contributed by atoms with Crippen LogP contribution in [0.1, 0.15) is 50.6 Å². The molecule has 0 saturated carbocycles. The maximum Gasteiger partial charge on any atom is 0.187 e. The van der Waals surface area contributed by atoms with Gasteiger partial charge >= 0.3 is 0 Å². The fourth-order valence-electron chi connectivity index (χ4n) is 10.1. The summed E-state index contributed by atoms with van der Waals surface area (Å²) in [6.07, 6.45) is -8.55. The number of rotatable bonds is 27. The first-order valence-electron chi connectivity index (χ1n) is 27.2. The molecule has 11 heteroatoms. The van der Waals surface area contributed by atoms with Gasteiger partial charge in [-0.1, -0.05) is 243 Å². The van der Waals surface area contributed by atoms with Gasteiger partial charge in [-0.15, -0.1) is 0 Å². The van der Waals surface area contributed by atoms with Crippen LogP contribution >= 0.6 is 0 Å². The highest BCUT2D eigenvalue weighted by atomic mass is 16.8.